The molecule has 12 heteroatoms. The minimum Gasteiger partial charge on any atom is -0.203 e. The summed E-state index contributed by atoms with van der Waals surface area (Å²) in [6, 6.07) is 0. The highest BCUT2D eigenvalue weighted by Gasteiger charge is 2.42. The van der Waals surface area contributed by atoms with Crippen molar-refractivity contribution in [3.63, 3.8) is 0 Å². The lowest BCUT2D eigenvalue weighted by Gasteiger charge is -2.18. The van der Waals surface area contributed by atoms with Gasteiger partial charge in [0.15, 0.2) is 46.5 Å². The SMILES string of the molecule is Fc1c(F)c(F)c(-c2c(F)c(F)c(F)c(F)c2C(F)(F)Br)c(F)c1F. The molecule has 0 saturated carbocycles. The number of halogens is 12. The predicted molar refractivity (Wildman–Crippen MR) is 64.3 cm³/mol. The lowest BCUT2D eigenvalue weighted by Crippen LogP contribution is -2.16. The normalized spacial score (nSPS) is 12.0. The number of alkyl halides is 3. The van der Waals surface area contributed by atoms with Gasteiger partial charge in [-0.05, 0) is 15.9 Å². The molecule has 0 amide bonds. The summed E-state index contributed by atoms with van der Waals surface area (Å²) in [7, 11) is 0. The highest BCUT2D eigenvalue weighted by molar-refractivity contribution is 9.09. The van der Waals surface area contributed by atoms with E-state index in [0.717, 1.165) is 0 Å². The monoisotopic (exact) mass is 444 g/mol. The molecule has 2 rings (SSSR count). The molecule has 0 N–H and O–H groups in total. The van der Waals surface area contributed by atoms with Crippen LogP contribution >= 0.6 is 15.9 Å². The third-order valence-electron chi connectivity index (χ3n) is 3.01. The maximum atomic E-state index is 13.8. The molecule has 2 aromatic rings. The Bertz CT molecular complexity index is 856. The molecule has 0 aromatic heterocycles. The first-order chi connectivity index (χ1) is 11.3. The van der Waals surface area contributed by atoms with E-state index in [-0.39, 0.29) is 0 Å². The smallest absolute Gasteiger partial charge is 0.203 e. The molecule has 0 aliphatic heterocycles. The fourth-order valence-electron chi connectivity index (χ4n) is 1.96. The van der Waals surface area contributed by atoms with Gasteiger partial charge < -0.3 is 0 Å². The third kappa shape index (κ3) is 2.85. The lowest BCUT2D eigenvalue weighted by atomic mass is 9.96. The summed E-state index contributed by atoms with van der Waals surface area (Å²) in [5.74, 6) is -25.0. The second kappa shape index (κ2) is 6.15. The summed E-state index contributed by atoms with van der Waals surface area (Å²) in [4.78, 5) is -4.76. The molecular formula is C13BrF11. The Morgan fingerprint density at radius 2 is 0.720 bits per heavy atom. The Kier molecular flexibility index (Phi) is 4.79. The molecule has 136 valence electrons. The van der Waals surface area contributed by atoms with Crippen LogP contribution in [0.15, 0.2) is 0 Å². The van der Waals surface area contributed by atoms with Crippen LogP contribution in [0.2, 0.25) is 0 Å². The summed E-state index contributed by atoms with van der Waals surface area (Å²) < 4.78 is 148. The van der Waals surface area contributed by atoms with Gasteiger partial charge in [0.1, 0.15) is 0 Å². The van der Waals surface area contributed by atoms with E-state index in [9.17, 15) is 48.3 Å². The van der Waals surface area contributed by atoms with E-state index < -0.39 is 73.9 Å². The molecular weight excluding hydrogens is 445 g/mol. The van der Waals surface area contributed by atoms with Crippen molar-refractivity contribution in [2.24, 2.45) is 0 Å². The van der Waals surface area contributed by atoms with Gasteiger partial charge in [0.2, 0.25) is 5.82 Å². The zero-order valence-corrected chi connectivity index (χ0v) is 12.6. The van der Waals surface area contributed by atoms with Crippen molar-refractivity contribution in [2.45, 2.75) is 4.83 Å². The number of rotatable bonds is 2. The first-order valence-electron chi connectivity index (χ1n) is 5.77. The van der Waals surface area contributed by atoms with Gasteiger partial charge in [0, 0.05) is 5.56 Å². The van der Waals surface area contributed by atoms with Crippen LogP contribution in [0.25, 0.3) is 11.1 Å². The zero-order valence-electron chi connectivity index (χ0n) is 11.0. The van der Waals surface area contributed by atoms with E-state index in [4.69, 9.17) is 0 Å². The standard InChI is InChI=1S/C13BrF11/c14-13(24,25)3-1(4(15)8(19)11(22)7(3)18)2-5(16)9(20)12(23)10(21)6(2)17. The van der Waals surface area contributed by atoms with Gasteiger partial charge in [-0.1, -0.05) is 0 Å². The van der Waals surface area contributed by atoms with Gasteiger partial charge >= 0.3 is 4.83 Å². The van der Waals surface area contributed by atoms with Gasteiger partial charge in [-0.25, -0.2) is 39.5 Å². The topological polar surface area (TPSA) is 0 Å². The largest absolute Gasteiger partial charge is 0.330 e. The summed E-state index contributed by atoms with van der Waals surface area (Å²) >= 11 is 1.44. The Hall–Kier alpha value is -1.85. The zero-order chi connectivity index (χ0) is 19.4. The first-order valence-corrected chi connectivity index (χ1v) is 6.56. The van der Waals surface area contributed by atoms with Crippen molar-refractivity contribution in [1.29, 1.82) is 0 Å². The summed E-state index contributed by atoms with van der Waals surface area (Å²) in [5.41, 5.74) is -7.25. The van der Waals surface area contributed by atoms with E-state index in [1.807, 2.05) is 0 Å². The Morgan fingerprint density at radius 1 is 0.440 bits per heavy atom. The molecule has 0 heterocycles. The van der Waals surface area contributed by atoms with Crippen molar-refractivity contribution in [3.8, 4) is 11.1 Å². The van der Waals surface area contributed by atoms with Crippen LogP contribution in [0.1, 0.15) is 5.56 Å². The van der Waals surface area contributed by atoms with Crippen LogP contribution in [0, 0.1) is 52.4 Å². The van der Waals surface area contributed by atoms with E-state index in [2.05, 4.69) is 0 Å². The molecule has 0 bridgehead atoms. The first kappa shape index (κ1) is 19.5. The Labute approximate surface area is 139 Å². The van der Waals surface area contributed by atoms with E-state index in [0.29, 0.717) is 0 Å². The number of hydrogen-bond donors (Lipinski definition) is 0. The van der Waals surface area contributed by atoms with Crippen molar-refractivity contribution in [2.75, 3.05) is 0 Å². The number of benzene rings is 2. The average Bonchev–Trinajstić information content (AvgIpc) is 2.52. The van der Waals surface area contributed by atoms with Crippen LogP contribution in [0.4, 0.5) is 48.3 Å². The minimum absolute atomic E-state index is 1.44. The molecule has 0 atom stereocenters. The van der Waals surface area contributed by atoms with Crippen molar-refractivity contribution in [1.82, 2.24) is 0 Å². The maximum absolute atomic E-state index is 13.8. The van der Waals surface area contributed by atoms with Gasteiger partial charge in [0.25, 0.3) is 0 Å². The van der Waals surface area contributed by atoms with Crippen LogP contribution in [-0.4, -0.2) is 0 Å². The van der Waals surface area contributed by atoms with Gasteiger partial charge in [-0.15, -0.1) is 0 Å². The lowest BCUT2D eigenvalue weighted by molar-refractivity contribution is 0.108. The summed E-state index contributed by atoms with van der Waals surface area (Å²) in [6.07, 6.45) is 0. The molecule has 0 fully saturated rings. The molecule has 0 nitrogen and oxygen atoms in total. The molecule has 0 aliphatic carbocycles. The highest BCUT2D eigenvalue weighted by Crippen LogP contribution is 2.46. The fourth-order valence-corrected chi connectivity index (χ4v) is 2.33. The highest BCUT2D eigenvalue weighted by atomic mass is 79.9. The maximum Gasteiger partial charge on any atom is 0.330 e. The molecule has 0 spiro atoms. The van der Waals surface area contributed by atoms with Crippen molar-refractivity contribution >= 4 is 15.9 Å². The average molecular weight is 445 g/mol. The van der Waals surface area contributed by atoms with Crippen LogP contribution in [0.3, 0.4) is 0 Å². The minimum atomic E-state index is -4.76. The summed E-state index contributed by atoms with van der Waals surface area (Å²) in [6.45, 7) is 0. The van der Waals surface area contributed by atoms with Crippen LogP contribution < -0.4 is 0 Å². The predicted octanol–water partition coefficient (Wildman–Crippen LogP) is 6.05. The third-order valence-corrected chi connectivity index (χ3v) is 3.41. The Balaban J connectivity index is 3.15. The second-order valence-electron chi connectivity index (χ2n) is 4.45. The van der Waals surface area contributed by atoms with Crippen molar-refractivity contribution in [3.05, 3.63) is 57.9 Å². The molecule has 0 aliphatic rings. The number of hydrogen-bond acceptors (Lipinski definition) is 0. The summed E-state index contributed by atoms with van der Waals surface area (Å²) in [5, 5.41) is 0. The molecule has 0 unspecified atom stereocenters. The van der Waals surface area contributed by atoms with Gasteiger partial charge in [-0.3, -0.25) is 0 Å². The molecule has 2 aromatic carbocycles. The molecule has 25 heavy (non-hydrogen) atoms. The Morgan fingerprint density at radius 3 is 1.08 bits per heavy atom. The second-order valence-corrected chi connectivity index (χ2v) is 5.44. The van der Waals surface area contributed by atoms with Crippen LogP contribution in [0.5, 0.6) is 0 Å². The fraction of sp³-hybridized carbons (Fsp3) is 0.0769. The van der Waals surface area contributed by atoms with E-state index in [1.165, 1.54) is 15.9 Å². The van der Waals surface area contributed by atoms with Gasteiger partial charge in [-0.2, -0.15) is 8.78 Å². The van der Waals surface area contributed by atoms with Gasteiger partial charge in [0.05, 0.1) is 11.1 Å². The quantitative estimate of drug-likeness (QED) is 0.229. The van der Waals surface area contributed by atoms with Crippen LogP contribution in [-0.2, 0) is 4.83 Å². The van der Waals surface area contributed by atoms with Crippen molar-refractivity contribution < 1.29 is 48.3 Å². The molecule has 0 radical (unpaired) electrons. The van der Waals surface area contributed by atoms with E-state index in [1.54, 1.807) is 0 Å². The van der Waals surface area contributed by atoms with E-state index >= 15 is 0 Å². The molecule has 0 saturated heterocycles.